The molecule has 160 valence electrons. The Hall–Kier alpha value is -3.02. The van der Waals surface area contributed by atoms with E-state index in [2.05, 4.69) is 10.6 Å². The zero-order valence-electron chi connectivity index (χ0n) is 15.6. The summed E-state index contributed by atoms with van der Waals surface area (Å²) in [6.45, 7) is -0.0701. The van der Waals surface area contributed by atoms with Crippen LogP contribution in [0.3, 0.4) is 0 Å². The fraction of sp³-hybridized carbons (Fsp3) is 0.167. The largest absolute Gasteiger partial charge is 0.455 e. The molecule has 0 atom stereocenters. The second-order valence-corrected chi connectivity index (χ2v) is 8.04. The van der Waals surface area contributed by atoms with E-state index in [1.165, 1.54) is 43.3 Å². The van der Waals surface area contributed by atoms with Gasteiger partial charge < -0.3 is 15.4 Å². The molecule has 0 heterocycles. The monoisotopic (exact) mass is 457 g/mol. The summed E-state index contributed by atoms with van der Waals surface area (Å²) in [5.74, 6) is -2.67. The van der Waals surface area contributed by atoms with Crippen molar-refractivity contribution in [2.24, 2.45) is 0 Å². The number of rotatable bonds is 8. The number of carbonyl (C=O) groups excluding carboxylic acids is 3. The zero-order chi connectivity index (χ0) is 22.3. The fourth-order valence-corrected chi connectivity index (χ4v) is 3.28. The summed E-state index contributed by atoms with van der Waals surface area (Å²) < 4.78 is 44.2. The van der Waals surface area contributed by atoms with Gasteiger partial charge in [-0.05, 0) is 42.5 Å². The van der Waals surface area contributed by atoms with Crippen LogP contribution in [0.4, 0.5) is 15.8 Å². The van der Waals surface area contributed by atoms with Crippen LogP contribution in [-0.4, -0.2) is 39.4 Å². The molecule has 0 aromatic heterocycles. The molecule has 3 N–H and O–H groups in total. The molecule has 0 radical (unpaired) electrons. The van der Waals surface area contributed by atoms with E-state index < -0.39 is 40.9 Å². The Morgan fingerprint density at radius 1 is 1.03 bits per heavy atom. The van der Waals surface area contributed by atoms with Gasteiger partial charge in [0.25, 0.3) is 5.91 Å². The van der Waals surface area contributed by atoms with E-state index in [1.54, 1.807) is 0 Å². The first-order valence-corrected chi connectivity index (χ1v) is 10.2. The van der Waals surface area contributed by atoms with E-state index in [1.807, 2.05) is 4.72 Å². The highest BCUT2D eigenvalue weighted by atomic mass is 35.5. The van der Waals surface area contributed by atoms with Crippen molar-refractivity contribution in [3.8, 4) is 0 Å². The summed E-state index contributed by atoms with van der Waals surface area (Å²) in [5, 5.41) is 4.65. The lowest BCUT2D eigenvalue weighted by molar-refractivity contribution is -0.146. The minimum Gasteiger partial charge on any atom is -0.455 e. The van der Waals surface area contributed by atoms with Gasteiger partial charge in [0.15, 0.2) is 6.61 Å². The summed E-state index contributed by atoms with van der Waals surface area (Å²) in [4.78, 5) is 34.3. The number of benzene rings is 2. The summed E-state index contributed by atoms with van der Waals surface area (Å²) >= 11 is 5.59. The highest BCUT2D eigenvalue weighted by molar-refractivity contribution is 7.89. The van der Waals surface area contributed by atoms with Crippen molar-refractivity contribution in [1.29, 1.82) is 0 Å². The lowest BCUT2D eigenvalue weighted by atomic mass is 10.3. The molecule has 0 saturated carbocycles. The SMILES string of the molecule is CC(=O)Nc1ccc(S(=O)(=O)NCC(=O)OCC(=O)Nc2ccc(F)c(Cl)c2)cc1. The van der Waals surface area contributed by atoms with Gasteiger partial charge in [0.2, 0.25) is 15.9 Å². The Morgan fingerprint density at radius 2 is 1.67 bits per heavy atom. The van der Waals surface area contributed by atoms with Crippen molar-refractivity contribution < 1.29 is 31.9 Å². The number of anilines is 2. The minimum atomic E-state index is -4.01. The number of ether oxygens (including phenoxy) is 1. The lowest BCUT2D eigenvalue weighted by Gasteiger charge is -2.09. The van der Waals surface area contributed by atoms with E-state index in [4.69, 9.17) is 16.3 Å². The van der Waals surface area contributed by atoms with Crippen molar-refractivity contribution in [3.05, 3.63) is 53.3 Å². The average Bonchev–Trinajstić information content (AvgIpc) is 2.68. The molecule has 0 aliphatic carbocycles. The van der Waals surface area contributed by atoms with Crippen LogP contribution in [0.5, 0.6) is 0 Å². The average molecular weight is 458 g/mol. The predicted octanol–water partition coefficient (Wildman–Crippen LogP) is 1.90. The summed E-state index contributed by atoms with van der Waals surface area (Å²) in [6.07, 6.45) is 0. The number of nitrogens with one attached hydrogen (secondary N) is 3. The fourth-order valence-electron chi connectivity index (χ4n) is 2.13. The number of esters is 1. The first-order valence-electron chi connectivity index (χ1n) is 8.34. The molecule has 30 heavy (non-hydrogen) atoms. The lowest BCUT2D eigenvalue weighted by Crippen LogP contribution is -2.32. The van der Waals surface area contributed by atoms with Crippen molar-refractivity contribution in [3.63, 3.8) is 0 Å². The molecule has 0 fully saturated rings. The quantitative estimate of drug-likeness (QED) is 0.519. The maximum Gasteiger partial charge on any atom is 0.321 e. The predicted molar refractivity (Wildman–Crippen MR) is 107 cm³/mol. The van der Waals surface area contributed by atoms with Crippen LogP contribution >= 0.6 is 11.6 Å². The molecule has 9 nitrogen and oxygen atoms in total. The van der Waals surface area contributed by atoms with Gasteiger partial charge in [0.05, 0.1) is 9.92 Å². The minimum absolute atomic E-state index is 0.129. The summed E-state index contributed by atoms with van der Waals surface area (Å²) in [7, 11) is -4.01. The molecule has 0 saturated heterocycles. The normalized spacial score (nSPS) is 10.9. The second kappa shape index (κ2) is 10.1. The van der Waals surface area contributed by atoms with Crippen LogP contribution in [0.1, 0.15) is 6.92 Å². The van der Waals surface area contributed by atoms with E-state index in [-0.39, 0.29) is 21.5 Å². The topological polar surface area (TPSA) is 131 Å². The van der Waals surface area contributed by atoms with E-state index in [0.717, 1.165) is 6.07 Å². The first-order chi connectivity index (χ1) is 14.1. The number of halogens is 2. The number of amides is 2. The molecule has 0 bridgehead atoms. The molecular weight excluding hydrogens is 441 g/mol. The molecule has 12 heteroatoms. The Balaban J connectivity index is 1.82. The van der Waals surface area contributed by atoms with Crippen LogP contribution in [0.25, 0.3) is 0 Å². The maximum atomic E-state index is 13.1. The third-order valence-corrected chi connectivity index (χ3v) is 5.17. The van der Waals surface area contributed by atoms with Crippen molar-refractivity contribution in [2.45, 2.75) is 11.8 Å². The number of carbonyl (C=O) groups is 3. The molecule has 0 unspecified atom stereocenters. The van der Waals surface area contributed by atoms with Crippen LogP contribution in [0, 0.1) is 5.82 Å². The van der Waals surface area contributed by atoms with Gasteiger partial charge in [-0.2, -0.15) is 4.72 Å². The van der Waals surface area contributed by atoms with Gasteiger partial charge in [-0.15, -0.1) is 0 Å². The molecule has 2 aromatic rings. The second-order valence-electron chi connectivity index (χ2n) is 5.87. The smallest absolute Gasteiger partial charge is 0.321 e. The maximum absolute atomic E-state index is 13.1. The third-order valence-electron chi connectivity index (χ3n) is 3.46. The number of sulfonamides is 1. The van der Waals surface area contributed by atoms with Crippen molar-refractivity contribution in [1.82, 2.24) is 4.72 Å². The highest BCUT2D eigenvalue weighted by Gasteiger charge is 2.17. The van der Waals surface area contributed by atoms with Gasteiger partial charge in [-0.1, -0.05) is 11.6 Å². The van der Waals surface area contributed by atoms with E-state index in [0.29, 0.717) is 5.69 Å². The van der Waals surface area contributed by atoms with Crippen LogP contribution in [-0.2, 0) is 29.1 Å². The Bertz CT molecular complexity index is 1060. The zero-order valence-corrected chi connectivity index (χ0v) is 17.1. The van der Waals surface area contributed by atoms with E-state index in [9.17, 15) is 27.2 Å². The highest BCUT2D eigenvalue weighted by Crippen LogP contribution is 2.19. The summed E-state index contributed by atoms with van der Waals surface area (Å²) in [5.41, 5.74) is 0.611. The van der Waals surface area contributed by atoms with Gasteiger partial charge in [0, 0.05) is 18.3 Å². The Morgan fingerprint density at radius 3 is 2.27 bits per heavy atom. The molecule has 2 rings (SSSR count). The Kier molecular flexibility index (Phi) is 7.86. The van der Waals surface area contributed by atoms with Crippen LogP contribution < -0.4 is 15.4 Å². The first kappa shape index (κ1) is 23.3. The molecule has 0 spiro atoms. The Labute approximate surface area is 176 Å². The van der Waals surface area contributed by atoms with Crippen molar-refractivity contribution in [2.75, 3.05) is 23.8 Å². The van der Waals surface area contributed by atoms with Gasteiger partial charge in [-0.25, -0.2) is 12.8 Å². The third kappa shape index (κ3) is 7.10. The van der Waals surface area contributed by atoms with Crippen LogP contribution in [0.2, 0.25) is 5.02 Å². The van der Waals surface area contributed by atoms with E-state index >= 15 is 0 Å². The molecular formula is C18H17ClFN3O6S. The van der Waals surface area contributed by atoms with Gasteiger partial charge in [-0.3, -0.25) is 14.4 Å². The van der Waals surface area contributed by atoms with Gasteiger partial charge >= 0.3 is 5.97 Å². The van der Waals surface area contributed by atoms with Crippen molar-refractivity contribution >= 4 is 50.8 Å². The van der Waals surface area contributed by atoms with Crippen LogP contribution in [0.15, 0.2) is 47.4 Å². The molecule has 2 amide bonds. The molecule has 2 aromatic carbocycles. The number of hydrogen-bond acceptors (Lipinski definition) is 6. The molecule has 0 aliphatic heterocycles. The summed E-state index contributed by atoms with van der Waals surface area (Å²) in [6, 6.07) is 8.79. The standard InChI is InChI=1S/C18H17ClFN3O6S/c1-11(24)22-12-2-5-14(6-3-12)30(27,28)21-9-18(26)29-10-17(25)23-13-4-7-16(20)15(19)8-13/h2-8,21H,9-10H2,1H3,(H,22,24)(H,23,25). The molecule has 0 aliphatic rings. The number of hydrogen-bond donors (Lipinski definition) is 3. The van der Waals surface area contributed by atoms with Gasteiger partial charge in [0.1, 0.15) is 12.4 Å².